The Labute approximate surface area is 142 Å². The number of aryl methyl sites for hydroxylation is 1. The zero-order chi connectivity index (χ0) is 17.1. The van der Waals surface area contributed by atoms with Gasteiger partial charge in [0.05, 0.1) is 0 Å². The minimum Gasteiger partial charge on any atom is -0.340 e. The van der Waals surface area contributed by atoms with E-state index >= 15 is 0 Å². The fraction of sp³-hybridized carbons (Fsp3) is 0.0588. The third kappa shape index (κ3) is 3.78. The number of anilines is 4. The van der Waals surface area contributed by atoms with E-state index in [2.05, 4.69) is 20.6 Å². The standard InChI is InChI=1S/C17H13ClF2N4/c1-10-21-15(23-12-5-2-4-11(18)8-12)9-16(22-10)24-17-13(19)6-3-7-14(17)20/h2-9H,1H3,(H2,21,22,23,24). The van der Waals surface area contributed by atoms with E-state index in [-0.39, 0.29) is 11.5 Å². The van der Waals surface area contributed by atoms with E-state index in [4.69, 9.17) is 11.6 Å². The smallest absolute Gasteiger partial charge is 0.149 e. The Morgan fingerprint density at radius 3 is 2.17 bits per heavy atom. The molecule has 0 fully saturated rings. The lowest BCUT2D eigenvalue weighted by molar-refractivity contribution is 0.590. The maximum atomic E-state index is 13.8. The van der Waals surface area contributed by atoms with Crippen LogP contribution in [0.4, 0.5) is 31.8 Å². The Hall–Kier alpha value is -2.73. The molecule has 3 rings (SSSR count). The van der Waals surface area contributed by atoms with Gasteiger partial charge >= 0.3 is 0 Å². The molecule has 3 aromatic rings. The number of benzene rings is 2. The summed E-state index contributed by atoms with van der Waals surface area (Å²) in [6.07, 6.45) is 0. The average Bonchev–Trinajstić information content (AvgIpc) is 2.50. The van der Waals surface area contributed by atoms with Crippen LogP contribution in [0.5, 0.6) is 0 Å². The van der Waals surface area contributed by atoms with Crippen molar-refractivity contribution in [1.82, 2.24) is 9.97 Å². The second kappa shape index (κ2) is 6.80. The molecule has 0 aliphatic heterocycles. The first-order valence-corrected chi connectivity index (χ1v) is 7.48. The molecule has 0 aliphatic rings. The Bertz CT molecular complexity index is 866. The van der Waals surface area contributed by atoms with E-state index in [0.29, 0.717) is 16.7 Å². The summed E-state index contributed by atoms with van der Waals surface area (Å²) in [4.78, 5) is 8.40. The van der Waals surface area contributed by atoms with Crippen LogP contribution in [0.15, 0.2) is 48.5 Å². The van der Waals surface area contributed by atoms with Crippen molar-refractivity contribution >= 4 is 34.6 Å². The highest BCUT2D eigenvalue weighted by atomic mass is 35.5. The highest BCUT2D eigenvalue weighted by Gasteiger charge is 2.10. The van der Waals surface area contributed by atoms with Crippen LogP contribution in [0.3, 0.4) is 0 Å². The number of para-hydroxylation sites is 1. The second-order valence-corrected chi connectivity index (χ2v) is 5.48. The van der Waals surface area contributed by atoms with Crippen LogP contribution in [0.25, 0.3) is 0 Å². The van der Waals surface area contributed by atoms with Gasteiger partial charge in [0.15, 0.2) is 0 Å². The quantitative estimate of drug-likeness (QED) is 0.681. The van der Waals surface area contributed by atoms with Gasteiger partial charge in [-0.2, -0.15) is 0 Å². The number of aromatic nitrogens is 2. The molecule has 0 spiro atoms. The first-order valence-electron chi connectivity index (χ1n) is 7.10. The summed E-state index contributed by atoms with van der Waals surface area (Å²) >= 11 is 5.95. The Balaban J connectivity index is 1.89. The summed E-state index contributed by atoms with van der Waals surface area (Å²) in [7, 11) is 0. The highest BCUT2D eigenvalue weighted by molar-refractivity contribution is 6.30. The molecule has 0 atom stereocenters. The van der Waals surface area contributed by atoms with Crippen molar-refractivity contribution in [3.8, 4) is 0 Å². The van der Waals surface area contributed by atoms with Gasteiger partial charge in [0, 0.05) is 16.8 Å². The zero-order valence-electron chi connectivity index (χ0n) is 12.6. The van der Waals surface area contributed by atoms with E-state index in [1.54, 1.807) is 31.2 Å². The first-order chi connectivity index (χ1) is 11.5. The molecule has 0 saturated heterocycles. The van der Waals surface area contributed by atoms with Gasteiger partial charge in [0.1, 0.15) is 34.8 Å². The maximum absolute atomic E-state index is 13.8. The van der Waals surface area contributed by atoms with Gasteiger partial charge in [-0.25, -0.2) is 18.7 Å². The zero-order valence-corrected chi connectivity index (χ0v) is 13.4. The maximum Gasteiger partial charge on any atom is 0.149 e. The van der Waals surface area contributed by atoms with Crippen LogP contribution in [-0.4, -0.2) is 9.97 Å². The lowest BCUT2D eigenvalue weighted by atomic mass is 10.3. The molecular formula is C17H13ClF2N4. The number of nitrogens with one attached hydrogen (secondary N) is 2. The molecule has 0 saturated carbocycles. The SMILES string of the molecule is Cc1nc(Nc2cccc(Cl)c2)cc(Nc2c(F)cccc2F)n1. The minimum atomic E-state index is -0.699. The van der Waals surface area contributed by atoms with Crippen LogP contribution in [-0.2, 0) is 0 Å². The Morgan fingerprint density at radius 2 is 1.50 bits per heavy atom. The van der Waals surface area contributed by atoms with Gasteiger partial charge in [0.2, 0.25) is 0 Å². The van der Waals surface area contributed by atoms with Crippen molar-refractivity contribution in [2.75, 3.05) is 10.6 Å². The molecule has 2 N–H and O–H groups in total. The molecule has 0 amide bonds. The second-order valence-electron chi connectivity index (χ2n) is 5.04. The summed E-state index contributed by atoms with van der Waals surface area (Å²) in [5, 5.41) is 6.31. The monoisotopic (exact) mass is 346 g/mol. The first kappa shape index (κ1) is 16.1. The van der Waals surface area contributed by atoms with Crippen molar-refractivity contribution in [3.63, 3.8) is 0 Å². The number of rotatable bonds is 4. The molecule has 0 unspecified atom stereocenters. The van der Waals surface area contributed by atoms with Crippen LogP contribution in [0.2, 0.25) is 5.02 Å². The number of nitrogens with zero attached hydrogens (tertiary/aromatic N) is 2. The third-order valence-corrected chi connectivity index (χ3v) is 3.39. The van der Waals surface area contributed by atoms with Gasteiger partial charge in [-0.05, 0) is 37.3 Å². The molecule has 122 valence electrons. The lowest BCUT2D eigenvalue weighted by Gasteiger charge is -2.11. The fourth-order valence-electron chi connectivity index (χ4n) is 2.16. The summed E-state index contributed by atoms with van der Waals surface area (Å²) in [6.45, 7) is 1.69. The molecular weight excluding hydrogens is 334 g/mol. The largest absolute Gasteiger partial charge is 0.340 e. The Kier molecular flexibility index (Phi) is 4.57. The average molecular weight is 347 g/mol. The highest BCUT2D eigenvalue weighted by Crippen LogP contribution is 2.25. The molecule has 0 radical (unpaired) electrons. The fourth-order valence-corrected chi connectivity index (χ4v) is 2.35. The van der Waals surface area contributed by atoms with Crippen LogP contribution < -0.4 is 10.6 Å². The molecule has 4 nitrogen and oxygen atoms in total. The molecule has 1 heterocycles. The molecule has 1 aromatic heterocycles. The van der Waals surface area contributed by atoms with Crippen LogP contribution in [0, 0.1) is 18.6 Å². The van der Waals surface area contributed by atoms with Gasteiger partial charge in [-0.15, -0.1) is 0 Å². The third-order valence-electron chi connectivity index (χ3n) is 3.15. The molecule has 7 heteroatoms. The van der Waals surface area contributed by atoms with E-state index < -0.39 is 11.6 Å². The molecule has 24 heavy (non-hydrogen) atoms. The van der Waals surface area contributed by atoms with Crippen LogP contribution in [0.1, 0.15) is 5.82 Å². The molecule has 0 bridgehead atoms. The topological polar surface area (TPSA) is 49.8 Å². The normalized spacial score (nSPS) is 10.5. The minimum absolute atomic E-state index is 0.260. The molecule has 2 aromatic carbocycles. The van der Waals surface area contributed by atoms with Crippen molar-refractivity contribution in [3.05, 3.63) is 71.0 Å². The number of halogens is 3. The van der Waals surface area contributed by atoms with E-state index in [0.717, 1.165) is 5.69 Å². The van der Waals surface area contributed by atoms with Crippen molar-refractivity contribution in [1.29, 1.82) is 0 Å². The van der Waals surface area contributed by atoms with E-state index in [1.807, 2.05) is 6.07 Å². The predicted molar refractivity (Wildman–Crippen MR) is 91.1 cm³/mol. The summed E-state index contributed by atoms with van der Waals surface area (Å²) in [5.74, 6) is -0.201. The van der Waals surface area contributed by atoms with Crippen molar-refractivity contribution in [2.24, 2.45) is 0 Å². The van der Waals surface area contributed by atoms with Crippen LogP contribution >= 0.6 is 11.6 Å². The van der Waals surface area contributed by atoms with Gasteiger partial charge in [0.25, 0.3) is 0 Å². The molecule has 0 aliphatic carbocycles. The lowest BCUT2D eigenvalue weighted by Crippen LogP contribution is -2.03. The predicted octanol–water partition coefficient (Wildman–Crippen LogP) is 5.20. The van der Waals surface area contributed by atoms with Gasteiger partial charge in [-0.3, -0.25) is 0 Å². The van der Waals surface area contributed by atoms with Gasteiger partial charge < -0.3 is 10.6 Å². The van der Waals surface area contributed by atoms with E-state index in [1.165, 1.54) is 18.2 Å². The summed E-state index contributed by atoms with van der Waals surface area (Å²) < 4.78 is 27.5. The van der Waals surface area contributed by atoms with Crippen molar-refractivity contribution < 1.29 is 8.78 Å². The van der Waals surface area contributed by atoms with E-state index in [9.17, 15) is 8.78 Å². The summed E-state index contributed by atoms with van der Waals surface area (Å²) in [6, 6.07) is 12.3. The van der Waals surface area contributed by atoms with Crippen molar-refractivity contribution in [2.45, 2.75) is 6.92 Å². The van der Waals surface area contributed by atoms with Gasteiger partial charge in [-0.1, -0.05) is 23.7 Å². The summed E-state index contributed by atoms with van der Waals surface area (Å²) in [5.41, 5.74) is 0.480. The number of hydrogen-bond donors (Lipinski definition) is 2. The Morgan fingerprint density at radius 1 is 0.875 bits per heavy atom. The number of hydrogen-bond acceptors (Lipinski definition) is 4.